The lowest BCUT2D eigenvalue weighted by Crippen LogP contribution is -2.34. The van der Waals surface area contributed by atoms with Crippen molar-refractivity contribution < 1.29 is 4.74 Å². The molecule has 24 heavy (non-hydrogen) atoms. The monoisotopic (exact) mass is 324 g/mol. The van der Waals surface area contributed by atoms with Crippen LogP contribution in [0.5, 0.6) is 0 Å². The van der Waals surface area contributed by atoms with Gasteiger partial charge in [0.1, 0.15) is 0 Å². The predicted octanol–water partition coefficient (Wildman–Crippen LogP) is 5.85. The van der Waals surface area contributed by atoms with Crippen LogP contribution < -0.4 is 0 Å². The van der Waals surface area contributed by atoms with Gasteiger partial charge in [-0.3, -0.25) is 0 Å². The van der Waals surface area contributed by atoms with E-state index in [-0.39, 0.29) is 5.60 Å². The van der Waals surface area contributed by atoms with Crippen LogP contribution in [0.3, 0.4) is 0 Å². The highest BCUT2D eigenvalue weighted by molar-refractivity contribution is 5.27. The zero-order valence-corrected chi connectivity index (χ0v) is 15.6. The van der Waals surface area contributed by atoms with Gasteiger partial charge >= 0.3 is 0 Å². The first-order valence-corrected chi connectivity index (χ1v) is 9.70. The maximum atomic E-state index is 5.99. The van der Waals surface area contributed by atoms with Gasteiger partial charge < -0.3 is 4.74 Å². The minimum Gasteiger partial charge on any atom is -0.378 e. The Bertz CT molecular complexity index is 600. The van der Waals surface area contributed by atoms with Gasteiger partial charge in [-0.25, -0.2) is 0 Å². The molecule has 1 nitrogen and oxygen atoms in total. The Morgan fingerprint density at radius 3 is 2.79 bits per heavy atom. The van der Waals surface area contributed by atoms with Gasteiger partial charge in [0.15, 0.2) is 0 Å². The summed E-state index contributed by atoms with van der Waals surface area (Å²) in [5.41, 5.74) is 7.61. The van der Waals surface area contributed by atoms with Gasteiger partial charge in [-0.2, -0.15) is 0 Å². The molecule has 0 radical (unpaired) electrons. The fourth-order valence-corrected chi connectivity index (χ4v) is 5.28. The summed E-state index contributed by atoms with van der Waals surface area (Å²) in [5.74, 6) is 3.65. The molecule has 0 heterocycles. The van der Waals surface area contributed by atoms with Crippen LogP contribution in [0.2, 0.25) is 0 Å². The van der Waals surface area contributed by atoms with Crippen molar-refractivity contribution in [1.29, 1.82) is 0 Å². The molecule has 3 aliphatic carbocycles. The largest absolute Gasteiger partial charge is 0.378 e. The molecule has 0 amide bonds. The molecule has 0 spiro atoms. The first kappa shape index (κ1) is 17.6. The lowest BCUT2D eigenvalue weighted by molar-refractivity contribution is 0.0425. The molecule has 0 aliphatic heterocycles. The van der Waals surface area contributed by atoms with E-state index in [9.17, 15) is 0 Å². The Morgan fingerprint density at radius 2 is 2.25 bits per heavy atom. The second kappa shape index (κ2) is 7.32. The number of allylic oxidation sites excluding steroid dienone is 5. The van der Waals surface area contributed by atoms with Crippen LogP contribution >= 0.6 is 0 Å². The van der Waals surface area contributed by atoms with Crippen molar-refractivity contribution in [2.45, 2.75) is 58.0 Å². The first-order valence-electron chi connectivity index (χ1n) is 9.70. The Morgan fingerprint density at radius 1 is 1.42 bits per heavy atom. The van der Waals surface area contributed by atoms with E-state index in [1.165, 1.54) is 37.7 Å². The fraction of sp³-hybridized carbons (Fsp3) is 0.652. The van der Waals surface area contributed by atoms with Crippen LogP contribution in [0.1, 0.15) is 52.4 Å². The van der Waals surface area contributed by atoms with Gasteiger partial charge in [0, 0.05) is 18.6 Å². The first-order chi connectivity index (χ1) is 11.7. The molecule has 0 aromatic rings. The molecule has 3 rings (SSSR count). The second-order valence-corrected chi connectivity index (χ2v) is 7.98. The molecule has 2 fully saturated rings. The molecule has 0 aromatic carbocycles. The molecule has 0 N–H and O–H groups in total. The van der Waals surface area contributed by atoms with Crippen LogP contribution in [0, 0.1) is 29.6 Å². The molecule has 0 bridgehead atoms. The number of hydrogen-bond acceptors (Lipinski definition) is 1. The normalized spacial score (nSPS) is 37.7. The predicted molar refractivity (Wildman–Crippen MR) is 101 cm³/mol. The molecular formula is C23H32O. The Balaban J connectivity index is 1.66. The SMILES string of the molecule is C=CC(C1CCC1CCC)C1C(CCC2=C=C=CC=C2)C1(C)OC. The summed E-state index contributed by atoms with van der Waals surface area (Å²) in [4.78, 5) is 0. The summed E-state index contributed by atoms with van der Waals surface area (Å²) in [6.07, 6.45) is 16.1. The lowest BCUT2D eigenvalue weighted by Gasteiger charge is -2.42. The zero-order valence-electron chi connectivity index (χ0n) is 15.6. The summed E-state index contributed by atoms with van der Waals surface area (Å²) in [7, 11) is 1.89. The summed E-state index contributed by atoms with van der Waals surface area (Å²) in [5, 5.41) is 0. The van der Waals surface area contributed by atoms with E-state index in [1.54, 1.807) is 0 Å². The zero-order chi connectivity index (χ0) is 17.2. The van der Waals surface area contributed by atoms with Crippen molar-refractivity contribution in [3.63, 3.8) is 0 Å². The molecular weight excluding hydrogens is 292 g/mol. The average Bonchev–Trinajstić information content (AvgIpc) is 3.19. The number of hydrogen-bond donors (Lipinski definition) is 0. The number of ether oxygens (including phenoxy) is 1. The summed E-state index contributed by atoms with van der Waals surface area (Å²) < 4.78 is 5.99. The van der Waals surface area contributed by atoms with Crippen molar-refractivity contribution in [1.82, 2.24) is 0 Å². The van der Waals surface area contributed by atoms with Crippen molar-refractivity contribution >= 4 is 0 Å². The van der Waals surface area contributed by atoms with E-state index in [0.717, 1.165) is 18.3 Å². The molecule has 130 valence electrons. The standard InChI is InChI=1S/C23H32O/c1-5-10-18-14-15-20(18)19(6-2)22-21(23(22,3)24-4)16-13-17-11-8-7-9-12-17/h6-8,11,18-22H,2,5,10,13-16H2,1,3-4H3. The highest BCUT2D eigenvalue weighted by Gasteiger charge is 2.65. The van der Waals surface area contributed by atoms with Crippen LogP contribution in [-0.2, 0) is 4.74 Å². The highest BCUT2D eigenvalue weighted by Crippen LogP contribution is 2.63. The van der Waals surface area contributed by atoms with Crippen LogP contribution in [-0.4, -0.2) is 12.7 Å². The number of methoxy groups -OCH3 is 1. The van der Waals surface area contributed by atoms with Crippen LogP contribution in [0.15, 0.2) is 47.9 Å². The quantitative estimate of drug-likeness (QED) is 0.382. The van der Waals surface area contributed by atoms with Gasteiger partial charge in [0.05, 0.1) is 5.60 Å². The van der Waals surface area contributed by atoms with E-state index < -0.39 is 0 Å². The summed E-state index contributed by atoms with van der Waals surface area (Å²) >= 11 is 0. The molecule has 1 heteroatoms. The maximum Gasteiger partial charge on any atom is 0.0720 e. The van der Waals surface area contributed by atoms with Gasteiger partial charge in [0.25, 0.3) is 0 Å². The highest BCUT2D eigenvalue weighted by atomic mass is 16.5. The fourth-order valence-electron chi connectivity index (χ4n) is 5.28. The smallest absolute Gasteiger partial charge is 0.0720 e. The van der Waals surface area contributed by atoms with Crippen LogP contribution in [0.25, 0.3) is 0 Å². The minimum atomic E-state index is 0.0315. The second-order valence-electron chi connectivity index (χ2n) is 7.98. The van der Waals surface area contributed by atoms with E-state index in [0.29, 0.717) is 17.8 Å². The van der Waals surface area contributed by atoms with E-state index in [2.05, 4.69) is 50.1 Å². The third-order valence-corrected chi connectivity index (χ3v) is 6.91. The molecule has 6 unspecified atom stereocenters. The van der Waals surface area contributed by atoms with Crippen LogP contribution in [0.4, 0.5) is 0 Å². The van der Waals surface area contributed by atoms with Gasteiger partial charge in [-0.1, -0.05) is 49.5 Å². The summed E-state index contributed by atoms with van der Waals surface area (Å²) in [6.45, 7) is 8.83. The van der Waals surface area contributed by atoms with Gasteiger partial charge in [0.2, 0.25) is 0 Å². The van der Waals surface area contributed by atoms with Gasteiger partial charge in [-0.15, -0.1) is 6.58 Å². The Hall–Kier alpha value is -1.26. The average molecular weight is 325 g/mol. The number of rotatable bonds is 9. The maximum absolute atomic E-state index is 5.99. The van der Waals surface area contributed by atoms with E-state index in [4.69, 9.17) is 4.74 Å². The molecule has 0 aromatic heterocycles. The van der Waals surface area contributed by atoms with Crippen molar-refractivity contribution in [2.75, 3.05) is 7.11 Å². The van der Waals surface area contributed by atoms with Crippen molar-refractivity contribution in [3.05, 3.63) is 47.9 Å². The summed E-state index contributed by atoms with van der Waals surface area (Å²) in [6, 6.07) is 0. The molecule has 0 saturated heterocycles. The van der Waals surface area contributed by atoms with Gasteiger partial charge in [-0.05, 0) is 62.4 Å². The lowest BCUT2D eigenvalue weighted by atomic mass is 9.63. The Labute approximate surface area is 147 Å². The Kier molecular flexibility index (Phi) is 5.36. The topological polar surface area (TPSA) is 9.23 Å². The van der Waals surface area contributed by atoms with Crippen molar-refractivity contribution in [3.8, 4) is 0 Å². The van der Waals surface area contributed by atoms with E-state index >= 15 is 0 Å². The third kappa shape index (κ3) is 3.14. The molecule has 6 atom stereocenters. The molecule has 3 aliphatic rings. The third-order valence-electron chi connectivity index (χ3n) is 6.91. The minimum absolute atomic E-state index is 0.0315. The molecule has 2 saturated carbocycles. The van der Waals surface area contributed by atoms with Crippen molar-refractivity contribution in [2.24, 2.45) is 29.6 Å². The van der Waals surface area contributed by atoms with E-state index in [1.807, 2.05) is 13.2 Å².